The fourth-order valence-corrected chi connectivity index (χ4v) is 0.645. The Hall–Kier alpha value is -0.810. The first kappa shape index (κ1) is 14.7. The van der Waals surface area contributed by atoms with Crippen molar-refractivity contribution in [1.82, 2.24) is 0 Å². The van der Waals surface area contributed by atoms with Gasteiger partial charge < -0.3 is 22.3 Å². The van der Waals surface area contributed by atoms with Gasteiger partial charge in [0.2, 0.25) is 0 Å². The van der Waals surface area contributed by atoms with Crippen molar-refractivity contribution in [2.75, 3.05) is 0 Å². The molecule has 0 fully saturated rings. The van der Waals surface area contributed by atoms with Crippen LogP contribution in [0.2, 0.25) is 0 Å². The molecule has 0 rings (SSSR count). The topological polar surface area (TPSA) is 70.9 Å². The molecule has 6 heteroatoms. The molecule has 0 aliphatic heterocycles. The summed E-state index contributed by atoms with van der Waals surface area (Å²) in [6, 6.07) is 0. The number of carbonyl (C=O) groups is 2. The van der Waals surface area contributed by atoms with E-state index in [0.717, 1.165) is 6.92 Å². The Kier molecular flexibility index (Phi) is 5.69. The van der Waals surface area contributed by atoms with Crippen LogP contribution in [-0.2, 0) is 9.63 Å². The molecule has 1 unspecified atom stereocenters. The van der Waals surface area contributed by atoms with Crippen LogP contribution in [0, 0.1) is 0 Å². The van der Waals surface area contributed by atoms with Crippen LogP contribution in [-0.4, -0.2) is 17.6 Å². The quantitative estimate of drug-likeness (QED) is 0.409. The average Bonchev–Trinajstić information content (AvgIpc) is 1.79. The predicted molar refractivity (Wildman–Crippen MR) is 37.9 cm³/mol. The molecule has 1 atom stereocenters. The molecule has 1 amide bonds. The fraction of sp³-hybridized carbons (Fsp3) is 0.714. The first-order valence-corrected chi connectivity index (χ1v) is 3.52. The molecule has 0 aromatic rings. The van der Waals surface area contributed by atoms with Gasteiger partial charge in [0.25, 0.3) is 6.09 Å². The zero-order chi connectivity index (χ0) is 9.94. The van der Waals surface area contributed by atoms with Gasteiger partial charge in [-0.1, -0.05) is 5.06 Å². The minimum Gasteiger partial charge on any atom is -1.00 e. The number of hydrogen-bond donors (Lipinski definition) is 1. The number of halogens is 1. The number of carboxylic acid groups (broad SMARTS) is 1. The highest BCUT2D eigenvalue weighted by molar-refractivity contribution is 5.65. The van der Waals surface area contributed by atoms with E-state index in [-0.39, 0.29) is 17.5 Å². The van der Waals surface area contributed by atoms with Crippen LogP contribution in [0.25, 0.3) is 0 Å². The first-order chi connectivity index (χ1) is 5.25. The molecular weight excluding hydrogens is 198 g/mol. The van der Waals surface area contributed by atoms with Crippen LogP contribution in [0.3, 0.4) is 0 Å². The molecule has 0 spiro atoms. The molecule has 5 nitrogen and oxygen atoms in total. The number of nitrogens with one attached hydrogen (secondary N) is 1. The number of carbonyl (C=O) groups excluding carboxylic acids is 2. The molecule has 0 aromatic heterocycles. The second-order valence-electron chi connectivity index (χ2n) is 3.46. The van der Waals surface area contributed by atoms with Crippen LogP contribution in [0.4, 0.5) is 4.79 Å². The Balaban J connectivity index is 0. The van der Waals surface area contributed by atoms with Gasteiger partial charge in [-0.15, -0.1) is 0 Å². The zero-order valence-corrected chi connectivity index (χ0v) is 8.77. The maximum Gasteiger partial charge on any atom is 0.364 e. The second kappa shape index (κ2) is 5.04. The summed E-state index contributed by atoms with van der Waals surface area (Å²) in [4.78, 5) is 25.4. The summed E-state index contributed by atoms with van der Waals surface area (Å²) in [5.41, 5.74) is -0.718. The summed E-state index contributed by atoms with van der Waals surface area (Å²) < 4.78 is 0. The minimum atomic E-state index is -1.45. The van der Waals surface area contributed by atoms with Crippen molar-refractivity contribution in [3.63, 3.8) is 0 Å². The normalized spacial score (nSPS) is 12.6. The van der Waals surface area contributed by atoms with Crippen molar-refractivity contribution < 1.29 is 37.0 Å². The third-order valence-electron chi connectivity index (χ3n) is 1.11. The number of amides is 1. The van der Waals surface area contributed by atoms with Gasteiger partial charge in [0.15, 0.2) is 0 Å². The highest BCUT2D eigenvalue weighted by atomic mass is 35.5. The van der Waals surface area contributed by atoms with E-state index >= 15 is 0 Å². The molecule has 0 saturated heterocycles. The smallest absolute Gasteiger partial charge is 0.364 e. The maximum absolute atomic E-state index is 10.5. The lowest BCUT2D eigenvalue weighted by Crippen LogP contribution is -3.22. The third-order valence-corrected chi connectivity index (χ3v) is 1.11. The number of quaternary nitrogens is 1. The monoisotopic (exact) mass is 210 g/mol. The SMILES string of the molecule is CC(=O)O[NH+](C(=O)[O-])C(C)(C)C.[Cl-]. The molecule has 0 radical (unpaired) electrons. The lowest BCUT2D eigenvalue weighted by molar-refractivity contribution is -1.06. The first-order valence-electron chi connectivity index (χ1n) is 3.52. The molecule has 1 N–H and O–H groups in total. The summed E-state index contributed by atoms with van der Waals surface area (Å²) in [5, 5.41) is 10.1. The van der Waals surface area contributed by atoms with E-state index in [1.54, 1.807) is 20.8 Å². The largest absolute Gasteiger partial charge is 1.00 e. The lowest BCUT2D eigenvalue weighted by Gasteiger charge is -2.27. The van der Waals surface area contributed by atoms with Crippen molar-refractivity contribution in [2.24, 2.45) is 0 Å². The highest BCUT2D eigenvalue weighted by Crippen LogP contribution is 1.91. The van der Waals surface area contributed by atoms with Crippen LogP contribution in [0.1, 0.15) is 27.7 Å². The molecule has 0 aliphatic rings. The van der Waals surface area contributed by atoms with Crippen LogP contribution in [0.5, 0.6) is 0 Å². The third kappa shape index (κ3) is 5.43. The zero-order valence-electron chi connectivity index (χ0n) is 8.01. The summed E-state index contributed by atoms with van der Waals surface area (Å²) in [6.07, 6.45) is -1.45. The van der Waals surface area contributed by atoms with E-state index < -0.39 is 17.6 Å². The summed E-state index contributed by atoms with van der Waals surface area (Å²) >= 11 is 0. The summed E-state index contributed by atoms with van der Waals surface area (Å²) in [5.74, 6) is -0.649. The summed E-state index contributed by atoms with van der Waals surface area (Å²) in [7, 11) is 0. The van der Waals surface area contributed by atoms with Gasteiger partial charge >= 0.3 is 5.97 Å². The standard InChI is InChI=1S/C7H13NO4.ClH/c1-5(9)12-8(6(10)11)7(2,3)4;/h1-4H3,(H,10,11);1H/p-1. The van der Waals surface area contributed by atoms with Gasteiger partial charge in [0.05, 0.1) is 0 Å². The minimum absolute atomic E-state index is 0. The molecular formula is C7H13ClNO4-. The Morgan fingerprint density at radius 1 is 1.31 bits per heavy atom. The van der Waals surface area contributed by atoms with Crippen molar-refractivity contribution in [1.29, 1.82) is 0 Å². The van der Waals surface area contributed by atoms with Crippen LogP contribution >= 0.6 is 0 Å². The van der Waals surface area contributed by atoms with Gasteiger partial charge in [-0.3, -0.25) is 4.84 Å². The second-order valence-corrected chi connectivity index (χ2v) is 3.46. The highest BCUT2D eigenvalue weighted by Gasteiger charge is 2.31. The van der Waals surface area contributed by atoms with Crippen LogP contribution in [0.15, 0.2) is 0 Å². The Bertz CT molecular complexity index is 199. The van der Waals surface area contributed by atoms with Crippen molar-refractivity contribution in [2.45, 2.75) is 33.2 Å². The summed E-state index contributed by atoms with van der Waals surface area (Å²) in [6.45, 7) is 6.03. The van der Waals surface area contributed by atoms with Crippen LogP contribution < -0.4 is 22.6 Å². The van der Waals surface area contributed by atoms with E-state index in [2.05, 4.69) is 4.84 Å². The molecule has 0 bridgehead atoms. The average molecular weight is 211 g/mol. The van der Waals surface area contributed by atoms with Gasteiger partial charge in [-0.2, -0.15) is 0 Å². The Morgan fingerprint density at radius 2 is 1.69 bits per heavy atom. The molecule has 78 valence electrons. The number of rotatable bonds is 0. The van der Waals surface area contributed by atoms with Crippen molar-refractivity contribution >= 4 is 12.1 Å². The Labute approximate surface area is 83.0 Å². The van der Waals surface area contributed by atoms with Crippen molar-refractivity contribution in [3.05, 3.63) is 0 Å². The van der Waals surface area contributed by atoms with Gasteiger partial charge in [0, 0.05) is 6.92 Å². The molecule has 0 heterocycles. The predicted octanol–water partition coefficient (Wildman–Crippen LogP) is -4.50. The van der Waals surface area contributed by atoms with Gasteiger partial charge in [0.1, 0.15) is 5.54 Å². The van der Waals surface area contributed by atoms with E-state index in [1.807, 2.05) is 0 Å². The molecule has 13 heavy (non-hydrogen) atoms. The molecule has 0 aliphatic carbocycles. The number of hydroxylamine groups is 2. The van der Waals surface area contributed by atoms with E-state index in [0.29, 0.717) is 0 Å². The van der Waals surface area contributed by atoms with Gasteiger partial charge in [-0.05, 0) is 20.8 Å². The van der Waals surface area contributed by atoms with E-state index in [1.165, 1.54) is 0 Å². The lowest BCUT2D eigenvalue weighted by atomic mass is 10.1. The molecule has 0 saturated carbocycles. The van der Waals surface area contributed by atoms with E-state index in [9.17, 15) is 14.7 Å². The van der Waals surface area contributed by atoms with Crippen molar-refractivity contribution in [3.8, 4) is 0 Å². The van der Waals surface area contributed by atoms with Gasteiger partial charge in [-0.25, -0.2) is 4.79 Å². The molecule has 0 aromatic carbocycles. The fourth-order valence-electron chi connectivity index (χ4n) is 0.645. The number of hydrogen-bond acceptors (Lipinski definition) is 4. The Morgan fingerprint density at radius 3 is 1.77 bits per heavy atom. The van der Waals surface area contributed by atoms with E-state index in [4.69, 9.17) is 0 Å². The maximum atomic E-state index is 10.5.